The van der Waals surface area contributed by atoms with Crippen molar-refractivity contribution in [3.8, 4) is 0 Å². The molecule has 2 rings (SSSR count). The minimum Gasteiger partial charge on any atom is -0.348 e. The molecule has 7 heteroatoms. The van der Waals surface area contributed by atoms with Crippen molar-refractivity contribution in [2.75, 3.05) is 0 Å². The molecule has 0 heterocycles. The normalized spacial score (nSPS) is 10.2. The summed E-state index contributed by atoms with van der Waals surface area (Å²) >= 11 is 5.95. The van der Waals surface area contributed by atoms with Crippen molar-refractivity contribution >= 4 is 23.2 Å². The van der Waals surface area contributed by atoms with Gasteiger partial charge >= 0.3 is 5.69 Å². The molecular weight excluding hydrogens is 299 g/mol. The average Bonchev–Trinajstić information content (AvgIpc) is 2.46. The Hall–Kier alpha value is -2.47. The molecule has 2 aromatic rings. The summed E-state index contributed by atoms with van der Waals surface area (Å²) in [4.78, 5) is 21.7. The molecule has 1 N–H and O–H groups in total. The molecule has 5 nitrogen and oxygen atoms in total. The summed E-state index contributed by atoms with van der Waals surface area (Å²) in [6.07, 6.45) is 0. The first-order chi connectivity index (χ1) is 9.99. The van der Waals surface area contributed by atoms with Crippen molar-refractivity contribution in [2.45, 2.75) is 6.54 Å². The molecule has 0 bridgehead atoms. The maximum atomic E-state index is 13.2. The molecule has 0 aliphatic carbocycles. The zero-order valence-corrected chi connectivity index (χ0v) is 11.4. The molecular formula is C14H10ClFN2O3. The van der Waals surface area contributed by atoms with E-state index in [2.05, 4.69) is 5.32 Å². The van der Waals surface area contributed by atoms with Crippen molar-refractivity contribution in [3.63, 3.8) is 0 Å². The van der Waals surface area contributed by atoms with Crippen LogP contribution in [-0.4, -0.2) is 10.8 Å². The van der Waals surface area contributed by atoms with E-state index < -0.39 is 22.3 Å². The van der Waals surface area contributed by atoms with Gasteiger partial charge in [-0.15, -0.1) is 0 Å². The van der Waals surface area contributed by atoms with Gasteiger partial charge in [0.25, 0.3) is 5.91 Å². The van der Waals surface area contributed by atoms with Crippen LogP contribution in [0.2, 0.25) is 5.02 Å². The van der Waals surface area contributed by atoms with Gasteiger partial charge in [0, 0.05) is 23.2 Å². The number of hydrogen-bond acceptors (Lipinski definition) is 3. The van der Waals surface area contributed by atoms with E-state index in [0.29, 0.717) is 10.6 Å². The van der Waals surface area contributed by atoms with Crippen LogP contribution in [-0.2, 0) is 6.54 Å². The number of carbonyl (C=O) groups is 1. The third kappa shape index (κ3) is 3.55. The summed E-state index contributed by atoms with van der Waals surface area (Å²) in [6, 6.07) is 9.94. The third-order valence-corrected chi connectivity index (χ3v) is 3.17. The van der Waals surface area contributed by atoms with Crippen LogP contribution in [0.1, 0.15) is 15.9 Å². The molecule has 0 radical (unpaired) electrons. The van der Waals surface area contributed by atoms with Crippen LogP contribution in [0.15, 0.2) is 42.5 Å². The SMILES string of the molecule is O=C(NCc1ccccc1Cl)c1ccc(F)c([N+](=O)[O-])c1. The van der Waals surface area contributed by atoms with Gasteiger partial charge in [-0.3, -0.25) is 14.9 Å². The average molecular weight is 309 g/mol. The van der Waals surface area contributed by atoms with Crippen molar-refractivity contribution in [1.29, 1.82) is 0 Å². The summed E-state index contributed by atoms with van der Waals surface area (Å²) in [5, 5.41) is 13.7. The minimum atomic E-state index is -0.984. The second kappa shape index (κ2) is 6.32. The number of nitrogens with zero attached hydrogens (tertiary/aromatic N) is 1. The Morgan fingerprint density at radius 3 is 2.67 bits per heavy atom. The van der Waals surface area contributed by atoms with Crippen LogP contribution in [0.5, 0.6) is 0 Å². The predicted molar refractivity (Wildman–Crippen MR) is 75.7 cm³/mol. The van der Waals surface area contributed by atoms with Crippen molar-refractivity contribution in [2.24, 2.45) is 0 Å². The number of benzene rings is 2. The molecule has 0 aliphatic rings. The van der Waals surface area contributed by atoms with E-state index in [1.54, 1.807) is 24.3 Å². The van der Waals surface area contributed by atoms with Gasteiger partial charge in [-0.2, -0.15) is 4.39 Å². The van der Waals surface area contributed by atoms with Gasteiger partial charge in [-0.1, -0.05) is 29.8 Å². The van der Waals surface area contributed by atoms with Crippen molar-refractivity contribution in [1.82, 2.24) is 5.32 Å². The first-order valence-electron chi connectivity index (χ1n) is 5.94. The summed E-state index contributed by atoms with van der Waals surface area (Å²) in [5.41, 5.74) is -0.0142. The lowest BCUT2D eigenvalue weighted by molar-refractivity contribution is -0.387. The fourth-order valence-electron chi connectivity index (χ4n) is 1.71. The summed E-state index contributed by atoms with van der Waals surface area (Å²) in [6.45, 7) is 0.170. The van der Waals surface area contributed by atoms with Crippen LogP contribution < -0.4 is 5.32 Å². The minimum absolute atomic E-state index is 0.00940. The Bertz CT molecular complexity index is 706. The Kier molecular flexibility index (Phi) is 4.49. The van der Waals surface area contributed by atoms with E-state index in [0.717, 1.165) is 12.1 Å². The van der Waals surface area contributed by atoms with E-state index in [4.69, 9.17) is 11.6 Å². The van der Waals surface area contributed by atoms with Crippen LogP contribution in [0.3, 0.4) is 0 Å². The first-order valence-corrected chi connectivity index (χ1v) is 6.32. The lowest BCUT2D eigenvalue weighted by atomic mass is 10.1. The number of halogens is 2. The zero-order chi connectivity index (χ0) is 15.4. The van der Waals surface area contributed by atoms with E-state index in [1.807, 2.05) is 0 Å². The van der Waals surface area contributed by atoms with Gasteiger partial charge in [0.05, 0.1) is 4.92 Å². The first kappa shape index (κ1) is 14.9. The smallest absolute Gasteiger partial charge is 0.305 e. The van der Waals surface area contributed by atoms with Gasteiger partial charge in [0.2, 0.25) is 5.82 Å². The molecule has 0 aromatic heterocycles. The Labute approximate surface area is 124 Å². The predicted octanol–water partition coefficient (Wildman–Crippen LogP) is 3.32. The lowest BCUT2D eigenvalue weighted by Crippen LogP contribution is -2.23. The molecule has 0 saturated heterocycles. The number of carbonyl (C=O) groups excluding carboxylic acids is 1. The van der Waals surface area contributed by atoms with Crippen molar-refractivity contribution < 1.29 is 14.1 Å². The number of amides is 1. The number of hydrogen-bond donors (Lipinski definition) is 1. The molecule has 0 atom stereocenters. The van der Waals surface area contributed by atoms with E-state index >= 15 is 0 Å². The topological polar surface area (TPSA) is 72.2 Å². The molecule has 21 heavy (non-hydrogen) atoms. The van der Waals surface area contributed by atoms with Gasteiger partial charge in [0.1, 0.15) is 0 Å². The number of nitro groups is 1. The highest BCUT2D eigenvalue weighted by Gasteiger charge is 2.17. The maximum Gasteiger partial charge on any atom is 0.305 e. The van der Waals surface area contributed by atoms with Crippen LogP contribution in [0.4, 0.5) is 10.1 Å². The molecule has 108 valence electrons. The highest BCUT2D eigenvalue weighted by Crippen LogP contribution is 2.19. The van der Waals surface area contributed by atoms with Gasteiger partial charge < -0.3 is 5.32 Å². The molecule has 0 spiro atoms. The molecule has 1 amide bonds. The second-order valence-electron chi connectivity index (χ2n) is 4.20. The van der Waals surface area contributed by atoms with E-state index in [9.17, 15) is 19.3 Å². The summed E-state index contributed by atoms with van der Waals surface area (Å²) < 4.78 is 13.2. The molecule has 0 saturated carbocycles. The Morgan fingerprint density at radius 2 is 2.00 bits per heavy atom. The van der Waals surface area contributed by atoms with E-state index in [1.165, 1.54) is 6.07 Å². The van der Waals surface area contributed by atoms with Gasteiger partial charge in [-0.05, 0) is 23.8 Å². The number of nitro benzene ring substituents is 1. The third-order valence-electron chi connectivity index (χ3n) is 2.80. The van der Waals surface area contributed by atoms with Crippen LogP contribution >= 0.6 is 11.6 Å². The van der Waals surface area contributed by atoms with Gasteiger partial charge in [-0.25, -0.2) is 0 Å². The highest BCUT2D eigenvalue weighted by molar-refractivity contribution is 6.31. The maximum absolute atomic E-state index is 13.2. The lowest BCUT2D eigenvalue weighted by Gasteiger charge is -2.07. The van der Waals surface area contributed by atoms with E-state index in [-0.39, 0.29) is 12.1 Å². The fraction of sp³-hybridized carbons (Fsp3) is 0.0714. The fourth-order valence-corrected chi connectivity index (χ4v) is 1.92. The Morgan fingerprint density at radius 1 is 1.29 bits per heavy atom. The molecule has 0 unspecified atom stereocenters. The van der Waals surface area contributed by atoms with Crippen LogP contribution in [0.25, 0.3) is 0 Å². The zero-order valence-electron chi connectivity index (χ0n) is 10.7. The standard InChI is InChI=1S/C14H10ClFN2O3/c15-11-4-2-1-3-10(11)8-17-14(19)9-5-6-12(16)13(7-9)18(20)21/h1-7H,8H2,(H,17,19). The number of rotatable bonds is 4. The van der Waals surface area contributed by atoms with Gasteiger partial charge in [0.15, 0.2) is 0 Å². The molecule has 0 fully saturated rings. The molecule has 0 aliphatic heterocycles. The van der Waals surface area contributed by atoms with Crippen molar-refractivity contribution in [3.05, 3.63) is 74.5 Å². The highest BCUT2D eigenvalue weighted by atomic mass is 35.5. The molecule has 2 aromatic carbocycles. The van der Waals surface area contributed by atoms with Crippen LogP contribution in [0, 0.1) is 15.9 Å². The quantitative estimate of drug-likeness (QED) is 0.695. The second-order valence-corrected chi connectivity index (χ2v) is 4.60. The summed E-state index contributed by atoms with van der Waals surface area (Å²) in [5.74, 6) is -1.53. The Balaban J connectivity index is 2.12. The largest absolute Gasteiger partial charge is 0.348 e. The summed E-state index contributed by atoms with van der Waals surface area (Å²) in [7, 11) is 0. The monoisotopic (exact) mass is 308 g/mol. The number of nitrogens with one attached hydrogen (secondary N) is 1.